The van der Waals surface area contributed by atoms with Crippen LogP contribution < -0.4 is 10.6 Å². The number of para-hydroxylation sites is 1. The number of benzene rings is 1. The van der Waals surface area contributed by atoms with Gasteiger partial charge < -0.3 is 15.6 Å². The van der Waals surface area contributed by atoms with Gasteiger partial charge in [0.15, 0.2) is 5.96 Å². The lowest BCUT2D eigenvalue weighted by Gasteiger charge is -2.11. The van der Waals surface area contributed by atoms with Crippen molar-refractivity contribution in [3.63, 3.8) is 0 Å². The third kappa shape index (κ3) is 3.87. The van der Waals surface area contributed by atoms with Gasteiger partial charge in [-0.1, -0.05) is 40.7 Å². The largest absolute Gasteiger partial charge is 0.361 e. The molecule has 0 spiro atoms. The fourth-order valence-corrected chi connectivity index (χ4v) is 2.19. The molecule has 0 aliphatic heterocycles. The van der Waals surface area contributed by atoms with Gasteiger partial charge in [0.1, 0.15) is 0 Å². The molecule has 1 heterocycles. The van der Waals surface area contributed by atoms with E-state index in [2.05, 4.69) is 67.5 Å². The van der Waals surface area contributed by atoms with Crippen LogP contribution in [0.1, 0.15) is 5.56 Å². The maximum absolute atomic E-state index is 4.17. The summed E-state index contributed by atoms with van der Waals surface area (Å²) in [6, 6.07) is 8.34. The lowest BCUT2D eigenvalue weighted by molar-refractivity contribution is 0.823. The summed E-state index contributed by atoms with van der Waals surface area (Å²) in [4.78, 5) is 7.45. The minimum atomic E-state index is 0.659. The number of hydrogen-bond donors (Lipinski definition) is 3. The third-order valence-corrected chi connectivity index (χ3v) is 3.31. The Morgan fingerprint density at radius 3 is 2.90 bits per heavy atom. The molecular formula is C15H19BrN4. The van der Waals surface area contributed by atoms with Crippen LogP contribution in [0.3, 0.4) is 0 Å². The molecule has 0 unspecified atom stereocenters. The molecule has 1 aromatic heterocycles. The molecular weight excluding hydrogens is 316 g/mol. The second kappa shape index (κ2) is 7.14. The van der Waals surface area contributed by atoms with Crippen molar-refractivity contribution < 1.29 is 0 Å². The predicted octanol–water partition coefficient (Wildman–Crippen LogP) is 2.78. The first-order valence-electron chi connectivity index (χ1n) is 6.53. The summed E-state index contributed by atoms with van der Waals surface area (Å²) in [6.07, 6.45) is 3.02. The van der Waals surface area contributed by atoms with Gasteiger partial charge in [-0.05, 0) is 18.1 Å². The van der Waals surface area contributed by atoms with Gasteiger partial charge in [-0.2, -0.15) is 0 Å². The summed E-state index contributed by atoms with van der Waals surface area (Å²) in [7, 11) is 1.76. The summed E-state index contributed by atoms with van der Waals surface area (Å²) in [5.74, 6) is 0.783. The second-order valence-corrected chi connectivity index (χ2v) is 5.60. The molecule has 2 aromatic rings. The average molecular weight is 335 g/mol. The number of fused-ring (bicyclic) bond motifs is 1. The summed E-state index contributed by atoms with van der Waals surface area (Å²) in [5.41, 5.74) is 2.49. The van der Waals surface area contributed by atoms with Gasteiger partial charge in [-0.25, -0.2) is 0 Å². The number of nitrogens with one attached hydrogen (secondary N) is 3. The highest BCUT2D eigenvalue weighted by atomic mass is 79.9. The number of aliphatic imine (C=N–C) groups is 1. The van der Waals surface area contributed by atoms with Crippen LogP contribution >= 0.6 is 15.9 Å². The molecule has 0 bridgehead atoms. The second-order valence-electron chi connectivity index (χ2n) is 4.48. The van der Waals surface area contributed by atoms with Crippen molar-refractivity contribution in [2.24, 2.45) is 4.99 Å². The molecule has 0 radical (unpaired) electrons. The topological polar surface area (TPSA) is 52.2 Å². The Balaban J connectivity index is 1.87. The van der Waals surface area contributed by atoms with Crippen molar-refractivity contribution in [3.8, 4) is 0 Å². The van der Waals surface area contributed by atoms with E-state index in [0.717, 1.165) is 23.4 Å². The summed E-state index contributed by atoms with van der Waals surface area (Å²) in [6.45, 7) is 5.27. The van der Waals surface area contributed by atoms with Gasteiger partial charge >= 0.3 is 0 Å². The third-order valence-electron chi connectivity index (χ3n) is 3.03. The molecule has 5 heteroatoms. The molecule has 3 N–H and O–H groups in total. The standard InChI is InChI=1S/C15H19BrN4/c1-11(16)9-20-15(17-2)18-8-7-12-10-19-14-6-4-3-5-13(12)14/h3-6,10,19H,1,7-9H2,2H3,(H2,17,18,20). The zero-order valence-electron chi connectivity index (χ0n) is 11.5. The molecule has 0 saturated heterocycles. The summed E-state index contributed by atoms with van der Waals surface area (Å²) >= 11 is 3.32. The Labute approximate surface area is 127 Å². The van der Waals surface area contributed by atoms with Crippen LogP contribution in [0, 0.1) is 0 Å². The molecule has 0 aliphatic carbocycles. The number of halogens is 1. The maximum Gasteiger partial charge on any atom is 0.191 e. The number of aromatic nitrogens is 1. The van der Waals surface area contributed by atoms with Crippen molar-refractivity contribution in [2.75, 3.05) is 20.1 Å². The quantitative estimate of drug-likeness (QED) is 0.581. The van der Waals surface area contributed by atoms with E-state index in [1.165, 1.54) is 16.5 Å². The maximum atomic E-state index is 4.17. The van der Waals surface area contributed by atoms with Gasteiger partial charge in [-0.3, -0.25) is 4.99 Å². The average Bonchev–Trinajstić information content (AvgIpc) is 2.86. The predicted molar refractivity (Wildman–Crippen MR) is 89.4 cm³/mol. The summed E-state index contributed by atoms with van der Waals surface area (Å²) in [5, 5.41) is 7.75. The first-order valence-corrected chi connectivity index (χ1v) is 7.33. The van der Waals surface area contributed by atoms with E-state index in [1.54, 1.807) is 7.05 Å². The number of rotatable bonds is 5. The lowest BCUT2D eigenvalue weighted by Crippen LogP contribution is -2.38. The Morgan fingerprint density at radius 1 is 1.35 bits per heavy atom. The molecule has 0 atom stereocenters. The van der Waals surface area contributed by atoms with E-state index < -0.39 is 0 Å². The number of H-pyrrole nitrogens is 1. The fourth-order valence-electron chi connectivity index (χ4n) is 2.05. The molecule has 106 valence electrons. The van der Waals surface area contributed by atoms with Crippen LogP contribution in [-0.2, 0) is 6.42 Å². The Bertz CT molecular complexity index is 615. The van der Waals surface area contributed by atoms with Gasteiger partial charge in [0.2, 0.25) is 0 Å². The first-order chi connectivity index (χ1) is 9.70. The SMILES string of the molecule is C=C(Br)CNC(=NC)NCCc1c[nH]c2ccccc12. The monoisotopic (exact) mass is 334 g/mol. The van der Waals surface area contributed by atoms with E-state index >= 15 is 0 Å². The van der Waals surface area contributed by atoms with Crippen LogP contribution in [0.25, 0.3) is 10.9 Å². The minimum absolute atomic E-state index is 0.659. The van der Waals surface area contributed by atoms with Crippen LogP contribution in [0.15, 0.2) is 46.5 Å². The number of nitrogens with zero attached hydrogens (tertiary/aromatic N) is 1. The van der Waals surface area contributed by atoms with Gasteiger partial charge in [0.25, 0.3) is 0 Å². The van der Waals surface area contributed by atoms with Crippen LogP contribution in [0.2, 0.25) is 0 Å². The summed E-state index contributed by atoms with van der Waals surface area (Å²) < 4.78 is 0.900. The van der Waals surface area contributed by atoms with Gasteiger partial charge in [-0.15, -0.1) is 0 Å². The zero-order chi connectivity index (χ0) is 14.4. The molecule has 4 nitrogen and oxygen atoms in total. The molecule has 0 fully saturated rings. The van der Waals surface area contributed by atoms with E-state index in [1.807, 2.05) is 6.07 Å². The molecule has 1 aromatic carbocycles. The first kappa shape index (κ1) is 14.7. The minimum Gasteiger partial charge on any atom is -0.361 e. The van der Waals surface area contributed by atoms with Crippen molar-refractivity contribution in [2.45, 2.75) is 6.42 Å². The Hall–Kier alpha value is -1.75. The van der Waals surface area contributed by atoms with Crippen LogP contribution in [0.5, 0.6) is 0 Å². The lowest BCUT2D eigenvalue weighted by atomic mass is 10.1. The number of guanidine groups is 1. The van der Waals surface area contributed by atoms with E-state index in [9.17, 15) is 0 Å². The highest BCUT2D eigenvalue weighted by molar-refractivity contribution is 9.11. The smallest absolute Gasteiger partial charge is 0.191 e. The van der Waals surface area contributed by atoms with Crippen molar-refractivity contribution in [1.82, 2.24) is 15.6 Å². The normalized spacial score (nSPS) is 11.6. The van der Waals surface area contributed by atoms with E-state index in [0.29, 0.717) is 6.54 Å². The van der Waals surface area contributed by atoms with Crippen LogP contribution in [0.4, 0.5) is 0 Å². The van der Waals surface area contributed by atoms with E-state index in [4.69, 9.17) is 0 Å². The highest BCUT2D eigenvalue weighted by Gasteiger charge is 2.03. The number of aromatic amines is 1. The van der Waals surface area contributed by atoms with Crippen molar-refractivity contribution in [3.05, 3.63) is 47.1 Å². The molecule has 20 heavy (non-hydrogen) atoms. The van der Waals surface area contributed by atoms with Gasteiger partial charge in [0.05, 0.1) is 0 Å². The Morgan fingerprint density at radius 2 is 2.15 bits per heavy atom. The Kier molecular flexibility index (Phi) is 5.24. The molecule has 0 saturated carbocycles. The van der Waals surface area contributed by atoms with Gasteiger partial charge in [0, 0.05) is 41.7 Å². The zero-order valence-corrected chi connectivity index (χ0v) is 13.1. The molecule has 0 aliphatic rings. The van der Waals surface area contributed by atoms with Crippen molar-refractivity contribution in [1.29, 1.82) is 0 Å². The number of hydrogen-bond acceptors (Lipinski definition) is 1. The fraction of sp³-hybridized carbons (Fsp3) is 0.267. The highest BCUT2D eigenvalue weighted by Crippen LogP contribution is 2.17. The van der Waals surface area contributed by atoms with Crippen LogP contribution in [-0.4, -0.2) is 31.1 Å². The van der Waals surface area contributed by atoms with Crippen molar-refractivity contribution >= 4 is 32.8 Å². The van der Waals surface area contributed by atoms with E-state index in [-0.39, 0.29) is 0 Å². The molecule has 0 amide bonds. The molecule has 2 rings (SSSR count).